The van der Waals surface area contributed by atoms with Gasteiger partial charge in [0.15, 0.2) is 22.6 Å². The molecule has 0 unspecified atom stereocenters. The lowest BCUT2D eigenvalue weighted by Gasteiger charge is -2.11. The van der Waals surface area contributed by atoms with Crippen molar-refractivity contribution in [1.82, 2.24) is 9.55 Å². The molecule has 26 heavy (non-hydrogen) atoms. The van der Waals surface area contributed by atoms with Crippen LogP contribution in [-0.2, 0) is 6.54 Å². The first-order valence-corrected chi connectivity index (χ1v) is 8.71. The van der Waals surface area contributed by atoms with Crippen molar-refractivity contribution in [2.45, 2.75) is 11.7 Å². The van der Waals surface area contributed by atoms with E-state index in [1.54, 1.807) is 30.3 Å². The van der Waals surface area contributed by atoms with Crippen molar-refractivity contribution in [2.24, 2.45) is 0 Å². The summed E-state index contributed by atoms with van der Waals surface area (Å²) in [5, 5.41) is 0.843. The van der Waals surface area contributed by atoms with Gasteiger partial charge in [-0.15, -0.1) is 6.58 Å². The molecule has 0 saturated heterocycles. The molecule has 2 aromatic carbocycles. The van der Waals surface area contributed by atoms with Gasteiger partial charge in [0, 0.05) is 12.1 Å². The smallest absolute Gasteiger partial charge is 0.262 e. The number of hydrogen-bond acceptors (Lipinski definition) is 4. The van der Waals surface area contributed by atoms with Crippen molar-refractivity contribution in [3.05, 3.63) is 82.7 Å². The van der Waals surface area contributed by atoms with Crippen LogP contribution in [0.3, 0.4) is 0 Å². The van der Waals surface area contributed by atoms with Crippen molar-refractivity contribution in [3.8, 4) is 0 Å². The molecule has 1 aromatic heterocycles. The third-order valence-electron chi connectivity index (χ3n) is 3.71. The zero-order valence-corrected chi connectivity index (χ0v) is 14.4. The van der Waals surface area contributed by atoms with Gasteiger partial charge in [0.2, 0.25) is 0 Å². The van der Waals surface area contributed by atoms with Gasteiger partial charge in [-0.25, -0.2) is 13.8 Å². The zero-order valence-electron chi connectivity index (χ0n) is 13.6. The number of carbonyl (C=O) groups excluding carboxylic acids is 1. The lowest BCUT2D eigenvalue weighted by molar-refractivity contribution is 0.102. The van der Waals surface area contributed by atoms with Gasteiger partial charge in [-0.1, -0.05) is 30.0 Å². The standard InChI is InChI=1S/C19H14F2N2O2S/c1-2-9-23-18(25)13-5-3-4-6-16(13)22-19(23)26-11-17(24)12-7-8-14(20)15(21)10-12/h2-8,10H,1,9,11H2. The Labute approximate surface area is 152 Å². The van der Waals surface area contributed by atoms with Gasteiger partial charge in [0.1, 0.15) is 0 Å². The highest BCUT2D eigenvalue weighted by molar-refractivity contribution is 7.99. The number of thioether (sulfide) groups is 1. The normalized spacial score (nSPS) is 10.8. The largest absolute Gasteiger partial charge is 0.293 e. The number of Topliss-reactive ketones (excluding diaryl/α,β-unsaturated/α-hetero) is 1. The molecule has 0 amide bonds. The van der Waals surface area contributed by atoms with Crippen LogP contribution in [0.15, 0.2) is 65.1 Å². The second-order valence-corrected chi connectivity index (χ2v) is 6.40. The van der Waals surface area contributed by atoms with E-state index in [-0.39, 0.29) is 29.2 Å². The number of benzene rings is 2. The van der Waals surface area contributed by atoms with Crippen LogP contribution < -0.4 is 5.56 Å². The Hall–Kier alpha value is -2.80. The van der Waals surface area contributed by atoms with Gasteiger partial charge in [0.05, 0.1) is 16.7 Å². The quantitative estimate of drug-likeness (QED) is 0.286. The average Bonchev–Trinajstić information content (AvgIpc) is 2.64. The van der Waals surface area contributed by atoms with Crippen LogP contribution in [0.2, 0.25) is 0 Å². The lowest BCUT2D eigenvalue weighted by atomic mass is 10.1. The molecule has 132 valence electrons. The molecular formula is C19H14F2N2O2S. The van der Waals surface area contributed by atoms with Gasteiger partial charge >= 0.3 is 0 Å². The minimum Gasteiger partial charge on any atom is -0.293 e. The first-order chi connectivity index (χ1) is 12.5. The molecule has 0 radical (unpaired) electrons. The summed E-state index contributed by atoms with van der Waals surface area (Å²) in [6.45, 7) is 3.89. The van der Waals surface area contributed by atoms with E-state index >= 15 is 0 Å². The fourth-order valence-electron chi connectivity index (χ4n) is 2.43. The second-order valence-electron chi connectivity index (χ2n) is 5.46. The Kier molecular flexibility index (Phi) is 5.27. The Bertz CT molecular complexity index is 1060. The van der Waals surface area contributed by atoms with Crippen LogP contribution in [0, 0.1) is 11.6 Å². The molecule has 0 bridgehead atoms. The molecule has 0 aliphatic carbocycles. The number of carbonyl (C=O) groups is 1. The Balaban J connectivity index is 1.91. The van der Waals surface area contributed by atoms with Crippen LogP contribution in [0.4, 0.5) is 8.78 Å². The van der Waals surface area contributed by atoms with Crippen LogP contribution in [0.5, 0.6) is 0 Å². The third kappa shape index (κ3) is 3.57. The maximum Gasteiger partial charge on any atom is 0.262 e. The second kappa shape index (κ2) is 7.61. The van der Waals surface area contributed by atoms with E-state index in [0.29, 0.717) is 16.1 Å². The maximum atomic E-state index is 13.3. The molecule has 3 rings (SSSR count). The monoisotopic (exact) mass is 372 g/mol. The van der Waals surface area contributed by atoms with Crippen molar-refractivity contribution in [2.75, 3.05) is 5.75 Å². The molecule has 0 N–H and O–H groups in total. The average molecular weight is 372 g/mol. The van der Waals surface area contributed by atoms with Crippen molar-refractivity contribution >= 4 is 28.4 Å². The number of nitrogens with zero attached hydrogens (tertiary/aromatic N) is 2. The van der Waals surface area contributed by atoms with Crippen molar-refractivity contribution in [3.63, 3.8) is 0 Å². The van der Waals surface area contributed by atoms with Crippen molar-refractivity contribution < 1.29 is 13.6 Å². The molecule has 3 aromatic rings. The molecule has 4 nitrogen and oxygen atoms in total. The van der Waals surface area contributed by atoms with Gasteiger partial charge < -0.3 is 0 Å². The Morgan fingerprint density at radius 1 is 1.19 bits per heavy atom. The molecule has 7 heteroatoms. The molecule has 0 fully saturated rings. The number of allylic oxidation sites excluding steroid dienone is 1. The summed E-state index contributed by atoms with van der Waals surface area (Å²) in [7, 11) is 0. The summed E-state index contributed by atoms with van der Waals surface area (Å²) in [5.74, 6) is -2.53. The molecule has 0 saturated carbocycles. The number of para-hydroxylation sites is 1. The number of hydrogen-bond donors (Lipinski definition) is 0. The van der Waals surface area contributed by atoms with E-state index in [0.717, 1.165) is 23.9 Å². The van der Waals surface area contributed by atoms with Gasteiger partial charge in [-0.2, -0.15) is 0 Å². The molecule has 0 aliphatic heterocycles. The van der Waals surface area contributed by atoms with Crippen molar-refractivity contribution in [1.29, 1.82) is 0 Å². The topological polar surface area (TPSA) is 52.0 Å². The van der Waals surface area contributed by atoms with E-state index in [2.05, 4.69) is 11.6 Å². The van der Waals surface area contributed by atoms with Gasteiger partial charge in [-0.05, 0) is 30.3 Å². The van der Waals surface area contributed by atoms with E-state index < -0.39 is 11.6 Å². The molecule has 0 aliphatic rings. The summed E-state index contributed by atoms with van der Waals surface area (Å²) in [6.07, 6.45) is 1.57. The van der Waals surface area contributed by atoms with Gasteiger partial charge in [0.25, 0.3) is 5.56 Å². The zero-order chi connectivity index (χ0) is 18.7. The molecule has 1 heterocycles. The highest BCUT2D eigenvalue weighted by Gasteiger charge is 2.14. The molecule has 0 atom stereocenters. The minimum absolute atomic E-state index is 0.0625. The predicted molar refractivity (Wildman–Crippen MR) is 97.6 cm³/mol. The summed E-state index contributed by atoms with van der Waals surface area (Å²) in [5.41, 5.74) is 0.369. The highest BCUT2D eigenvalue weighted by atomic mass is 32.2. The number of halogens is 2. The summed E-state index contributed by atoms with van der Waals surface area (Å²) in [4.78, 5) is 29.3. The fraction of sp³-hybridized carbons (Fsp3) is 0.105. The van der Waals surface area contributed by atoms with E-state index in [1.165, 1.54) is 10.6 Å². The Morgan fingerprint density at radius 3 is 2.69 bits per heavy atom. The number of aromatic nitrogens is 2. The first-order valence-electron chi connectivity index (χ1n) is 7.73. The fourth-order valence-corrected chi connectivity index (χ4v) is 3.33. The molecule has 0 spiro atoms. The Morgan fingerprint density at radius 2 is 1.96 bits per heavy atom. The first kappa shape index (κ1) is 18.0. The summed E-state index contributed by atoms with van der Waals surface area (Å²) < 4.78 is 27.7. The SMILES string of the molecule is C=CCn1c(SCC(=O)c2ccc(F)c(F)c2)nc2ccccc2c1=O. The number of ketones is 1. The van der Waals surface area contributed by atoms with E-state index in [1.807, 2.05) is 0 Å². The van der Waals surface area contributed by atoms with E-state index in [9.17, 15) is 18.4 Å². The van der Waals surface area contributed by atoms with Crippen LogP contribution in [0.25, 0.3) is 10.9 Å². The van der Waals surface area contributed by atoms with Crippen LogP contribution in [-0.4, -0.2) is 21.1 Å². The molecular weight excluding hydrogens is 358 g/mol. The lowest BCUT2D eigenvalue weighted by Crippen LogP contribution is -2.23. The van der Waals surface area contributed by atoms with Gasteiger partial charge in [-0.3, -0.25) is 14.2 Å². The third-order valence-corrected chi connectivity index (χ3v) is 4.69. The minimum atomic E-state index is -1.08. The summed E-state index contributed by atoms with van der Waals surface area (Å²) in [6, 6.07) is 9.93. The predicted octanol–water partition coefficient (Wildman–Crippen LogP) is 3.84. The highest BCUT2D eigenvalue weighted by Crippen LogP contribution is 2.20. The maximum absolute atomic E-state index is 13.3. The number of rotatable bonds is 6. The van der Waals surface area contributed by atoms with Crippen LogP contribution >= 0.6 is 11.8 Å². The summed E-state index contributed by atoms with van der Waals surface area (Å²) >= 11 is 1.07. The van der Waals surface area contributed by atoms with E-state index in [4.69, 9.17) is 0 Å². The van der Waals surface area contributed by atoms with Crippen LogP contribution in [0.1, 0.15) is 10.4 Å². The number of fused-ring (bicyclic) bond motifs is 1.